The van der Waals surface area contributed by atoms with Gasteiger partial charge in [-0.25, -0.2) is 9.97 Å². The van der Waals surface area contributed by atoms with Crippen LogP contribution in [0.4, 0.5) is 10.9 Å². The minimum atomic E-state index is -0.182. The summed E-state index contributed by atoms with van der Waals surface area (Å²) in [4.78, 5) is 25.2. The number of hydrogen-bond donors (Lipinski definition) is 1. The summed E-state index contributed by atoms with van der Waals surface area (Å²) in [7, 11) is 0. The molecule has 0 spiro atoms. The van der Waals surface area contributed by atoms with Crippen LogP contribution in [0, 0.1) is 18.8 Å². The molecule has 0 unspecified atom stereocenters. The van der Waals surface area contributed by atoms with E-state index in [4.69, 9.17) is 9.72 Å². The number of carbonyl (C=O) groups excluding carboxylic acids is 1. The minimum Gasteiger partial charge on any atom is -0.368 e. The zero-order valence-electron chi connectivity index (χ0n) is 16.6. The number of nitrogens with zero attached hydrogens (tertiary/aromatic N) is 3. The summed E-state index contributed by atoms with van der Waals surface area (Å²) in [6, 6.07) is 5.87. The van der Waals surface area contributed by atoms with Crippen molar-refractivity contribution in [1.29, 1.82) is 0 Å². The number of aromatic nitrogens is 2. The van der Waals surface area contributed by atoms with E-state index in [1.165, 1.54) is 6.42 Å². The molecule has 7 heteroatoms. The Labute approximate surface area is 170 Å². The number of hydrogen-bond acceptors (Lipinski definition) is 6. The molecular formula is C21H28N4O2S. The quantitative estimate of drug-likeness (QED) is 0.828. The number of nitrogens with one attached hydrogen (secondary N) is 1. The van der Waals surface area contributed by atoms with Crippen LogP contribution in [-0.4, -0.2) is 40.5 Å². The molecule has 3 heterocycles. The standard InChI is InChI=1S/C21H28N4O2S/c1-14-5-3-6-16(11-14)20(26)25-9-10-27-18(13-25)17-7-4-8-19(23-17)24-21-22-12-15(2)28-21/h4,7-8,12,14,16,18H,3,5-6,9-11,13H2,1-2H3,(H,22,23,24)/t14-,16-,18-/m0/s1. The van der Waals surface area contributed by atoms with Gasteiger partial charge < -0.3 is 15.0 Å². The van der Waals surface area contributed by atoms with Crippen LogP contribution < -0.4 is 5.32 Å². The van der Waals surface area contributed by atoms with E-state index in [1.807, 2.05) is 36.2 Å². The number of anilines is 2. The van der Waals surface area contributed by atoms with Gasteiger partial charge >= 0.3 is 0 Å². The van der Waals surface area contributed by atoms with E-state index in [1.54, 1.807) is 11.3 Å². The Morgan fingerprint density at radius 2 is 2.25 bits per heavy atom. The summed E-state index contributed by atoms with van der Waals surface area (Å²) in [6.07, 6.45) is 6.12. The monoisotopic (exact) mass is 400 g/mol. The maximum atomic E-state index is 13.0. The highest BCUT2D eigenvalue weighted by molar-refractivity contribution is 7.15. The molecule has 0 aromatic carbocycles. The molecule has 2 aromatic heterocycles. The van der Waals surface area contributed by atoms with Crippen molar-refractivity contribution < 1.29 is 9.53 Å². The zero-order chi connectivity index (χ0) is 19.5. The molecule has 4 rings (SSSR count). The maximum Gasteiger partial charge on any atom is 0.225 e. The average Bonchev–Trinajstić information content (AvgIpc) is 3.12. The Balaban J connectivity index is 1.42. The first-order valence-corrected chi connectivity index (χ1v) is 11.0. The Morgan fingerprint density at radius 3 is 3.04 bits per heavy atom. The van der Waals surface area contributed by atoms with Crippen molar-refractivity contribution in [3.8, 4) is 0 Å². The number of amides is 1. The highest BCUT2D eigenvalue weighted by atomic mass is 32.1. The molecular weight excluding hydrogens is 372 g/mol. The van der Waals surface area contributed by atoms with Crippen LogP contribution in [0.15, 0.2) is 24.4 Å². The lowest BCUT2D eigenvalue weighted by molar-refractivity contribution is -0.145. The number of aryl methyl sites for hydroxylation is 1. The van der Waals surface area contributed by atoms with Crippen LogP contribution in [0.2, 0.25) is 0 Å². The highest BCUT2D eigenvalue weighted by Crippen LogP contribution is 2.31. The van der Waals surface area contributed by atoms with Gasteiger partial charge in [-0.3, -0.25) is 4.79 Å². The first-order valence-electron chi connectivity index (χ1n) is 10.2. The largest absolute Gasteiger partial charge is 0.368 e. The highest BCUT2D eigenvalue weighted by Gasteiger charge is 2.32. The summed E-state index contributed by atoms with van der Waals surface area (Å²) in [6.45, 7) is 6.10. The third-order valence-corrected chi connectivity index (χ3v) is 6.45. The molecule has 0 bridgehead atoms. The zero-order valence-corrected chi connectivity index (χ0v) is 17.4. The van der Waals surface area contributed by atoms with Crippen molar-refractivity contribution in [2.45, 2.75) is 45.6 Å². The van der Waals surface area contributed by atoms with Gasteiger partial charge in [0, 0.05) is 23.5 Å². The predicted molar refractivity (Wildman–Crippen MR) is 111 cm³/mol. The molecule has 1 saturated heterocycles. The molecule has 6 nitrogen and oxygen atoms in total. The first-order chi connectivity index (χ1) is 13.6. The Kier molecular flexibility index (Phi) is 5.92. The van der Waals surface area contributed by atoms with Gasteiger partial charge in [-0.2, -0.15) is 0 Å². The third kappa shape index (κ3) is 4.52. The Morgan fingerprint density at radius 1 is 1.36 bits per heavy atom. The van der Waals surface area contributed by atoms with Gasteiger partial charge in [0.1, 0.15) is 11.9 Å². The summed E-state index contributed by atoms with van der Waals surface area (Å²) in [5.41, 5.74) is 0.854. The van der Waals surface area contributed by atoms with E-state index in [2.05, 4.69) is 17.2 Å². The molecule has 1 aliphatic heterocycles. The molecule has 1 amide bonds. The van der Waals surface area contributed by atoms with Crippen molar-refractivity contribution >= 4 is 28.2 Å². The van der Waals surface area contributed by atoms with E-state index >= 15 is 0 Å². The molecule has 1 N–H and O–H groups in total. The smallest absolute Gasteiger partial charge is 0.225 e. The van der Waals surface area contributed by atoms with Crippen molar-refractivity contribution in [3.05, 3.63) is 35.0 Å². The van der Waals surface area contributed by atoms with Crippen LogP contribution >= 0.6 is 11.3 Å². The summed E-state index contributed by atoms with van der Waals surface area (Å²) < 4.78 is 5.97. The van der Waals surface area contributed by atoms with Crippen LogP contribution in [-0.2, 0) is 9.53 Å². The van der Waals surface area contributed by atoms with E-state index in [9.17, 15) is 4.79 Å². The molecule has 150 valence electrons. The number of ether oxygens (including phenoxy) is 1. The molecule has 3 atom stereocenters. The molecule has 1 aliphatic carbocycles. The lowest BCUT2D eigenvalue weighted by Gasteiger charge is -2.36. The predicted octanol–water partition coefficient (Wildman–Crippen LogP) is 4.32. The second kappa shape index (κ2) is 8.57. The number of carbonyl (C=O) groups is 1. The van der Waals surface area contributed by atoms with Gasteiger partial charge in [-0.05, 0) is 37.8 Å². The fraction of sp³-hybridized carbons (Fsp3) is 0.571. The minimum absolute atomic E-state index is 0.177. The van der Waals surface area contributed by atoms with Crippen LogP contribution in [0.25, 0.3) is 0 Å². The molecule has 2 aliphatic rings. The van der Waals surface area contributed by atoms with Crippen molar-refractivity contribution in [2.24, 2.45) is 11.8 Å². The SMILES string of the molecule is Cc1cnc(Nc2cccc([C@@H]3CN(C(=O)[C@H]4CCC[C@H](C)C4)CCO3)n2)s1. The fourth-order valence-corrected chi connectivity index (χ4v) is 4.84. The number of pyridine rings is 1. The molecule has 1 saturated carbocycles. The van der Waals surface area contributed by atoms with Gasteiger partial charge in [0.2, 0.25) is 5.91 Å². The molecule has 28 heavy (non-hydrogen) atoms. The van der Waals surface area contributed by atoms with E-state index in [0.29, 0.717) is 31.5 Å². The Hall–Kier alpha value is -1.99. The van der Waals surface area contributed by atoms with Crippen molar-refractivity contribution in [2.75, 3.05) is 25.0 Å². The summed E-state index contributed by atoms with van der Waals surface area (Å²) in [5, 5.41) is 4.08. The number of morpholine rings is 1. The number of thiazole rings is 1. The fourth-order valence-electron chi connectivity index (χ4n) is 4.17. The van der Waals surface area contributed by atoms with Gasteiger partial charge in [0.15, 0.2) is 5.13 Å². The second-order valence-corrected chi connectivity index (χ2v) is 9.20. The lowest BCUT2D eigenvalue weighted by Crippen LogP contribution is -2.45. The number of rotatable bonds is 4. The van der Waals surface area contributed by atoms with E-state index in [0.717, 1.165) is 40.8 Å². The van der Waals surface area contributed by atoms with E-state index in [-0.39, 0.29) is 12.0 Å². The van der Waals surface area contributed by atoms with Gasteiger partial charge in [-0.15, -0.1) is 11.3 Å². The Bertz CT molecular complexity index is 824. The van der Waals surface area contributed by atoms with Crippen LogP contribution in [0.1, 0.15) is 49.3 Å². The average molecular weight is 401 g/mol. The van der Waals surface area contributed by atoms with E-state index < -0.39 is 0 Å². The van der Waals surface area contributed by atoms with Crippen LogP contribution in [0.5, 0.6) is 0 Å². The molecule has 2 aromatic rings. The summed E-state index contributed by atoms with van der Waals surface area (Å²) >= 11 is 1.60. The normalized spacial score (nSPS) is 25.5. The van der Waals surface area contributed by atoms with Gasteiger partial charge in [-0.1, -0.05) is 25.8 Å². The lowest BCUT2D eigenvalue weighted by atomic mass is 9.81. The maximum absolute atomic E-state index is 13.0. The second-order valence-electron chi connectivity index (χ2n) is 7.96. The molecule has 0 radical (unpaired) electrons. The van der Waals surface area contributed by atoms with Crippen molar-refractivity contribution in [3.63, 3.8) is 0 Å². The van der Waals surface area contributed by atoms with Gasteiger partial charge in [0.25, 0.3) is 0 Å². The topological polar surface area (TPSA) is 67.4 Å². The molecule has 2 fully saturated rings. The van der Waals surface area contributed by atoms with Gasteiger partial charge in [0.05, 0.1) is 18.8 Å². The summed E-state index contributed by atoms with van der Waals surface area (Å²) in [5.74, 6) is 1.88. The van der Waals surface area contributed by atoms with Crippen LogP contribution in [0.3, 0.4) is 0 Å². The third-order valence-electron chi connectivity index (χ3n) is 5.62. The first kappa shape index (κ1) is 19.3. The van der Waals surface area contributed by atoms with Crippen molar-refractivity contribution in [1.82, 2.24) is 14.9 Å².